The Balaban J connectivity index is 2.41. The minimum atomic E-state index is 0.0267. The Morgan fingerprint density at radius 2 is 2.27 bits per heavy atom. The summed E-state index contributed by atoms with van der Waals surface area (Å²) in [6.45, 7) is 4.99. The van der Waals surface area contributed by atoms with Crippen LogP contribution < -0.4 is 5.32 Å². The molecule has 0 atom stereocenters. The first kappa shape index (κ1) is 12.1. The molecule has 1 aromatic heterocycles. The van der Waals surface area contributed by atoms with Gasteiger partial charge in [-0.05, 0) is 13.8 Å². The van der Waals surface area contributed by atoms with E-state index < -0.39 is 0 Å². The van der Waals surface area contributed by atoms with E-state index in [0.717, 1.165) is 15.6 Å². The third-order valence-corrected chi connectivity index (χ3v) is 3.02. The molecule has 0 fully saturated rings. The number of aromatic nitrogens is 1. The number of hydrogen-bond donors (Lipinski definition) is 1. The molecule has 0 radical (unpaired) electrons. The largest absolute Gasteiger partial charge is 0.383 e. The van der Waals surface area contributed by atoms with E-state index in [-0.39, 0.29) is 5.91 Å². The van der Waals surface area contributed by atoms with Gasteiger partial charge in [0.05, 0.1) is 23.7 Å². The summed E-state index contributed by atoms with van der Waals surface area (Å²) in [5.74, 6) is 0.0267. The van der Waals surface area contributed by atoms with Crippen molar-refractivity contribution in [1.82, 2.24) is 10.3 Å². The zero-order chi connectivity index (χ0) is 11.3. The lowest BCUT2D eigenvalue weighted by Crippen LogP contribution is -2.28. The van der Waals surface area contributed by atoms with Crippen LogP contribution in [0.5, 0.6) is 0 Å². The number of ether oxygens (including phenoxy) is 1. The lowest BCUT2D eigenvalue weighted by molar-refractivity contribution is -0.120. The minimum Gasteiger partial charge on any atom is -0.383 e. The Morgan fingerprint density at radius 1 is 1.53 bits per heavy atom. The molecule has 1 aromatic rings. The minimum absolute atomic E-state index is 0.0267. The maximum atomic E-state index is 11.5. The number of aryl methyl sites for hydroxylation is 2. The predicted octanol–water partition coefficient (Wildman–Crippen LogP) is 1.07. The number of nitrogens with one attached hydrogen (secondary N) is 1. The Kier molecular flexibility index (Phi) is 4.71. The highest BCUT2D eigenvalue weighted by molar-refractivity contribution is 7.11. The summed E-state index contributed by atoms with van der Waals surface area (Å²) in [5.41, 5.74) is 0.958. The smallest absolute Gasteiger partial charge is 0.225 e. The van der Waals surface area contributed by atoms with Crippen molar-refractivity contribution in [3.05, 3.63) is 15.6 Å². The van der Waals surface area contributed by atoms with E-state index in [0.29, 0.717) is 19.6 Å². The van der Waals surface area contributed by atoms with E-state index in [1.807, 2.05) is 13.8 Å². The summed E-state index contributed by atoms with van der Waals surface area (Å²) in [5, 5.41) is 3.79. The average Bonchev–Trinajstić information content (AvgIpc) is 2.45. The summed E-state index contributed by atoms with van der Waals surface area (Å²) in [4.78, 5) is 16.8. The van der Waals surface area contributed by atoms with Gasteiger partial charge in [-0.2, -0.15) is 0 Å². The molecule has 1 rings (SSSR count). The van der Waals surface area contributed by atoms with Gasteiger partial charge in [-0.25, -0.2) is 4.98 Å². The molecule has 0 aliphatic heterocycles. The van der Waals surface area contributed by atoms with Crippen molar-refractivity contribution in [2.45, 2.75) is 20.3 Å². The van der Waals surface area contributed by atoms with Gasteiger partial charge in [-0.3, -0.25) is 4.79 Å². The lowest BCUT2D eigenvalue weighted by atomic mass is 10.3. The highest BCUT2D eigenvalue weighted by Gasteiger charge is 2.09. The second-order valence-corrected chi connectivity index (χ2v) is 4.55. The molecule has 0 saturated carbocycles. The van der Waals surface area contributed by atoms with Crippen LogP contribution in [0.1, 0.15) is 15.6 Å². The molecule has 0 aliphatic rings. The number of nitrogens with zero attached hydrogens (tertiary/aromatic N) is 1. The van der Waals surface area contributed by atoms with E-state index in [1.165, 1.54) is 0 Å². The van der Waals surface area contributed by atoms with Crippen LogP contribution in [-0.2, 0) is 16.0 Å². The SMILES string of the molecule is COCCNC(=O)Cc1sc(C)nc1C. The van der Waals surface area contributed by atoms with Gasteiger partial charge in [0.2, 0.25) is 5.91 Å². The molecule has 0 unspecified atom stereocenters. The second kappa shape index (κ2) is 5.82. The fourth-order valence-electron chi connectivity index (χ4n) is 1.24. The summed E-state index contributed by atoms with van der Waals surface area (Å²) in [6, 6.07) is 0. The lowest BCUT2D eigenvalue weighted by Gasteiger charge is -2.03. The number of carbonyl (C=O) groups excluding carboxylic acids is 1. The molecular formula is C10H16N2O2S. The van der Waals surface area contributed by atoms with Crippen molar-refractivity contribution < 1.29 is 9.53 Å². The monoisotopic (exact) mass is 228 g/mol. The zero-order valence-electron chi connectivity index (χ0n) is 9.29. The van der Waals surface area contributed by atoms with Crippen LogP contribution in [0, 0.1) is 13.8 Å². The van der Waals surface area contributed by atoms with Gasteiger partial charge < -0.3 is 10.1 Å². The van der Waals surface area contributed by atoms with E-state index in [1.54, 1.807) is 18.4 Å². The molecule has 84 valence electrons. The highest BCUT2D eigenvalue weighted by Crippen LogP contribution is 2.17. The van der Waals surface area contributed by atoms with Crippen LogP contribution >= 0.6 is 11.3 Å². The van der Waals surface area contributed by atoms with Crippen molar-refractivity contribution in [3.8, 4) is 0 Å². The van der Waals surface area contributed by atoms with Crippen LogP contribution in [0.4, 0.5) is 0 Å². The molecule has 1 amide bonds. The highest BCUT2D eigenvalue weighted by atomic mass is 32.1. The first-order chi connectivity index (χ1) is 7.13. The predicted molar refractivity (Wildman–Crippen MR) is 60.2 cm³/mol. The second-order valence-electron chi connectivity index (χ2n) is 3.26. The summed E-state index contributed by atoms with van der Waals surface area (Å²) in [6.07, 6.45) is 0.418. The Labute approximate surface area is 93.7 Å². The molecule has 4 nitrogen and oxygen atoms in total. The Morgan fingerprint density at radius 3 is 2.80 bits per heavy atom. The molecular weight excluding hydrogens is 212 g/mol. The first-order valence-electron chi connectivity index (χ1n) is 4.82. The number of rotatable bonds is 5. The maximum Gasteiger partial charge on any atom is 0.225 e. The van der Waals surface area contributed by atoms with Gasteiger partial charge in [-0.15, -0.1) is 11.3 Å². The fraction of sp³-hybridized carbons (Fsp3) is 0.600. The molecule has 0 aromatic carbocycles. The number of thiazole rings is 1. The Bertz CT molecular complexity index is 336. The van der Waals surface area contributed by atoms with Crippen molar-refractivity contribution in [3.63, 3.8) is 0 Å². The maximum absolute atomic E-state index is 11.5. The van der Waals surface area contributed by atoms with Crippen molar-refractivity contribution in [1.29, 1.82) is 0 Å². The molecule has 1 N–H and O–H groups in total. The zero-order valence-corrected chi connectivity index (χ0v) is 10.1. The van der Waals surface area contributed by atoms with Gasteiger partial charge in [0.15, 0.2) is 0 Å². The number of amides is 1. The quantitative estimate of drug-likeness (QED) is 0.767. The van der Waals surface area contributed by atoms with Gasteiger partial charge in [0.1, 0.15) is 0 Å². The van der Waals surface area contributed by atoms with E-state index in [9.17, 15) is 4.79 Å². The van der Waals surface area contributed by atoms with Crippen LogP contribution in [0.2, 0.25) is 0 Å². The standard InChI is InChI=1S/C10H16N2O2S/c1-7-9(15-8(2)12-7)6-10(13)11-4-5-14-3/h4-6H2,1-3H3,(H,11,13). The number of methoxy groups -OCH3 is 1. The molecule has 0 saturated heterocycles. The molecule has 1 heterocycles. The third-order valence-electron chi connectivity index (χ3n) is 1.95. The summed E-state index contributed by atoms with van der Waals surface area (Å²) >= 11 is 1.58. The molecule has 5 heteroatoms. The van der Waals surface area contributed by atoms with Crippen molar-refractivity contribution >= 4 is 17.2 Å². The van der Waals surface area contributed by atoms with Gasteiger partial charge in [-0.1, -0.05) is 0 Å². The fourth-order valence-corrected chi connectivity index (χ4v) is 2.17. The molecule has 15 heavy (non-hydrogen) atoms. The number of hydrogen-bond acceptors (Lipinski definition) is 4. The van der Waals surface area contributed by atoms with Gasteiger partial charge in [0.25, 0.3) is 0 Å². The topological polar surface area (TPSA) is 51.2 Å². The number of carbonyl (C=O) groups is 1. The van der Waals surface area contributed by atoms with E-state index in [4.69, 9.17) is 4.74 Å². The molecule has 0 spiro atoms. The van der Waals surface area contributed by atoms with Crippen LogP contribution in [0.3, 0.4) is 0 Å². The van der Waals surface area contributed by atoms with Gasteiger partial charge in [0, 0.05) is 18.5 Å². The van der Waals surface area contributed by atoms with Crippen molar-refractivity contribution in [2.75, 3.05) is 20.3 Å². The van der Waals surface area contributed by atoms with E-state index >= 15 is 0 Å². The average molecular weight is 228 g/mol. The van der Waals surface area contributed by atoms with E-state index in [2.05, 4.69) is 10.3 Å². The third kappa shape index (κ3) is 3.97. The molecule has 0 bridgehead atoms. The summed E-state index contributed by atoms with van der Waals surface area (Å²) < 4.78 is 4.85. The van der Waals surface area contributed by atoms with Crippen LogP contribution in [-0.4, -0.2) is 31.2 Å². The normalized spacial score (nSPS) is 10.3. The molecule has 0 aliphatic carbocycles. The van der Waals surface area contributed by atoms with Crippen LogP contribution in [0.15, 0.2) is 0 Å². The summed E-state index contributed by atoms with van der Waals surface area (Å²) in [7, 11) is 1.61. The van der Waals surface area contributed by atoms with Gasteiger partial charge >= 0.3 is 0 Å². The Hall–Kier alpha value is -0.940. The van der Waals surface area contributed by atoms with Crippen molar-refractivity contribution in [2.24, 2.45) is 0 Å². The first-order valence-corrected chi connectivity index (χ1v) is 5.63. The van der Waals surface area contributed by atoms with Crippen LogP contribution in [0.25, 0.3) is 0 Å².